The molecule has 1 N–H and O–H groups in total. The number of nitrogens with one attached hydrogen (secondary N) is 1. The van der Waals surface area contributed by atoms with Crippen LogP contribution in [0.1, 0.15) is 40.3 Å². The Morgan fingerprint density at radius 3 is 2.69 bits per heavy atom. The Balaban J connectivity index is 1.83. The number of carbonyl (C=O) groups is 2. The van der Waals surface area contributed by atoms with E-state index in [1.807, 2.05) is 50.4 Å². The fourth-order valence-corrected chi connectivity index (χ4v) is 3.90. The van der Waals surface area contributed by atoms with Crippen molar-refractivity contribution in [3.8, 4) is 0 Å². The maximum atomic E-state index is 12.8. The van der Waals surface area contributed by atoms with E-state index in [1.54, 1.807) is 11.6 Å². The third-order valence-electron chi connectivity index (χ3n) is 4.10. The van der Waals surface area contributed by atoms with Crippen LogP contribution in [0.2, 0.25) is 0 Å². The van der Waals surface area contributed by atoms with Crippen molar-refractivity contribution < 1.29 is 14.3 Å². The summed E-state index contributed by atoms with van der Waals surface area (Å²) < 4.78 is 6.83. The molecule has 3 rings (SSSR count). The summed E-state index contributed by atoms with van der Waals surface area (Å²) in [6.45, 7) is 4.00. The lowest BCUT2D eigenvalue weighted by atomic mass is 10.0. The maximum Gasteiger partial charge on any atom is 0.308 e. The van der Waals surface area contributed by atoms with Gasteiger partial charge in [0.2, 0.25) is 0 Å². The molecular weight excluding hydrogens is 350 g/mol. The topological polar surface area (TPSA) is 73.2 Å². The molecule has 0 aliphatic carbocycles. The Morgan fingerprint density at radius 1 is 1.31 bits per heavy atom. The molecule has 1 amide bonds. The zero-order valence-corrected chi connectivity index (χ0v) is 15.8. The monoisotopic (exact) mass is 371 g/mol. The fourth-order valence-electron chi connectivity index (χ4n) is 2.87. The Hall–Kier alpha value is -2.67. The van der Waals surface area contributed by atoms with E-state index in [9.17, 15) is 9.59 Å². The van der Waals surface area contributed by atoms with Crippen molar-refractivity contribution in [1.29, 1.82) is 0 Å². The molecule has 0 unspecified atom stereocenters. The van der Waals surface area contributed by atoms with Gasteiger partial charge in [-0.2, -0.15) is 5.10 Å². The number of thiophene rings is 1. The van der Waals surface area contributed by atoms with Crippen molar-refractivity contribution in [3.63, 3.8) is 0 Å². The minimum atomic E-state index is -0.438. The van der Waals surface area contributed by atoms with E-state index in [4.69, 9.17) is 4.74 Å². The Bertz CT molecular complexity index is 896. The van der Waals surface area contributed by atoms with Crippen LogP contribution in [0.4, 0.5) is 0 Å². The van der Waals surface area contributed by atoms with Crippen LogP contribution in [0.3, 0.4) is 0 Å². The molecule has 0 fully saturated rings. The molecule has 3 aromatic rings. The summed E-state index contributed by atoms with van der Waals surface area (Å²) in [7, 11) is 1.86. The van der Waals surface area contributed by atoms with Gasteiger partial charge in [-0.3, -0.25) is 14.3 Å². The molecule has 0 saturated carbocycles. The number of aryl methyl sites for hydroxylation is 2. The van der Waals surface area contributed by atoms with Crippen LogP contribution in [0.5, 0.6) is 0 Å². The van der Waals surface area contributed by atoms with Crippen molar-refractivity contribution in [3.05, 3.63) is 52.5 Å². The largest absolute Gasteiger partial charge is 0.466 e. The fraction of sp³-hybridized carbons (Fsp3) is 0.316. The van der Waals surface area contributed by atoms with Crippen molar-refractivity contribution >= 4 is 33.4 Å². The Morgan fingerprint density at radius 2 is 2.04 bits per heavy atom. The van der Waals surface area contributed by atoms with Gasteiger partial charge in [0.05, 0.1) is 29.6 Å². The van der Waals surface area contributed by atoms with E-state index >= 15 is 0 Å². The number of amides is 1. The number of esters is 1. The normalized spacial score (nSPS) is 12.1. The number of ether oxygens (including phenoxy) is 1. The molecule has 0 radical (unpaired) electrons. The van der Waals surface area contributed by atoms with Crippen molar-refractivity contribution in [1.82, 2.24) is 15.1 Å². The highest BCUT2D eigenvalue weighted by molar-refractivity contribution is 7.20. The summed E-state index contributed by atoms with van der Waals surface area (Å²) in [4.78, 5) is 26.3. The van der Waals surface area contributed by atoms with Crippen LogP contribution in [0.15, 0.2) is 36.4 Å². The summed E-state index contributed by atoms with van der Waals surface area (Å²) in [5.41, 5.74) is 1.76. The molecule has 1 atom stereocenters. The molecule has 136 valence electrons. The first-order valence-corrected chi connectivity index (χ1v) is 9.25. The molecule has 0 spiro atoms. The highest BCUT2D eigenvalue weighted by atomic mass is 32.1. The van der Waals surface area contributed by atoms with Gasteiger partial charge in [-0.05, 0) is 25.5 Å². The van der Waals surface area contributed by atoms with Crippen molar-refractivity contribution in [2.75, 3.05) is 6.61 Å². The zero-order chi connectivity index (χ0) is 18.7. The van der Waals surface area contributed by atoms with Gasteiger partial charge in [0, 0.05) is 12.4 Å². The number of nitrogens with zero attached hydrogens (tertiary/aromatic N) is 2. The standard InChI is InChI=1S/C19H21N3O3S/c1-4-25-17(23)11-15(13-8-6-5-7-9-13)20-18(24)16-10-14-12(2)21-22(3)19(14)26-16/h5-10,15H,4,11H2,1-3H3,(H,20,24)/t15-/m0/s1. The van der Waals surface area contributed by atoms with Gasteiger partial charge in [0.15, 0.2) is 0 Å². The number of hydrogen-bond donors (Lipinski definition) is 1. The van der Waals surface area contributed by atoms with Crippen LogP contribution in [0.25, 0.3) is 10.2 Å². The number of carbonyl (C=O) groups excluding carboxylic acids is 2. The lowest BCUT2D eigenvalue weighted by Gasteiger charge is -2.18. The van der Waals surface area contributed by atoms with E-state index in [0.717, 1.165) is 21.5 Å². The molecule has 0 saturated heterocycles. The van der Waals surface area contributed by atoms with E-state index in [-0.39, 0.29) is 18.3 Å². The minimum absolute atomic E-state index is 0.0923. The summed E-state index contributed by atoms with van der Waals surface area (Å²) in [6.07, 6.45) is 0.0923. The quantitative estimate of drug-likeness (QED) is 0.674. The highest BCUT2D eigenvalue weighted by Crippen LogP contribution is 2.28. The Kier molecular flexibility index (Phi) is 5.37. The first-order chi connectivity index (χ1) is 12.5. The third kappa shape index (κ3) is 3.77. The second-order valence-corrected chi connectivity index (χ2v) is 7.02. The summed E-state index contributed by atoms with van der Waals surface area (Å²) in [5.74, 6) is -0.540. The van der Waals surface area contributed by atoms with Gasteiger partial charge >= 0.3 is 5.97 Å². The van der Waals surface area contributed by atoms with Crippen LogP contribution in [-0.2, 0) is 16.6 Å². The molecule has 0 bridgehead atoms. The third-order valence-corrected chi connectivity index (χ3v) is 5.30. The summed E-state index contributed by atoms with van der Waals surface area (Å²) in [6, 6.07) is 10.9. The molecule has 0 aliphatic rings. The zero-order valence-electron chi connectivity index (χ0n) is 15.0. The summed E-state index contributed by atoms with van der Waals surface area (Å²) in [5, 5.41) is 8.30. The average molecular weight is 371 g/mol. The number of hydrogen-bond acceptors (Lipinski definition) is 5. The Labute approximate surface area is 155 Å². The van der Waals surface area contributed by atoms with Crippen LogP contribution >= 0.6 is 11.3 Å². The lowest BCUT2D eigenvalue weighted by molar-refractivity contribution is -0.143. The van der Waals surface area contributed by atoms with E-state index in [1.165, 1.54) is 11.3 Å². The highest BCUT2D eigenvalue weighted by Gasteiger charge is 2.22. The van der Waals surface area contributed by atoms with Gasteiger partial charge in [0.25, 0.3) is 5.91 Å². The average Bonchev–Trinajstić information content (AvgIpc) is 3.17. The van der Waals surface area contributed by atoms with Crippen LogP contribution in [-0.4, -0.2) is 28.3 Å². The van der Waals surface area contributed by atoms with Gasteiger partial charge in [-0.1, -0.05) is 30.3 Å². The number of rotatable bonds is 6. The first kappa shape index (κ1) is 18.1. The molecule has 26 heavy (non-hydrogen) atoms. The minimum Gasteiger partial charge on any atom is -0.466 e. The molecule has 6 nitrogen and oxygen atoms in total. The summed E-state index contributed by atoms with van der Waals surface area (Å²) >= 11 is 1.39. The number of aromatic nitrogens is 2. The van der Waals surface area contributed by atoms with Gasteiger partial charge in [-0.15, -0.1) is 11.3 Å². The van der Waals surface area contributed by atoms with Crippen molar-refractivity contribution in [2.24, 2.45) is 7.05 Å². The van der Waals surface area contributed by atoms with Gasteiger partial charge in [-0.25, -0.2) is 0 Å². The van der Waals surface area contributed by atoms with Crippen molar-refractivity contribution in [2.45, 2.75) is 26.3 Å². The molecule has 0 aliphatic heterocycles. The lowest BCUT2D eigenvalue weighted by Crippen LogP contribution is -2.30. The second-order valence-electron chi connectivity index (χ2n) is 5.98. The van der Waals surface area contributed by atoms with Gasteiger partial charge in [0.1, 0.15) is 4.83 Å². The predicted octanol–water partition coefficient (Wildman–Crippen LogP) is 3.37. The van der Waals surface area contributed by atoms with Gasteiger partial charge < -0.3 is 10.1 Å². The predicted molar refractivity (Wildman–Crippen MR) is 101 cm³/mol. The second kappa shape index (κ2) is 7.70. The molecule has 2 heterocycles. The van der Waals surface area contributed by atoms with Crippen LogP contribution in [0, 0.1) is 6.92 Å². The SMILES string of the molecule is CCOC(=O)C[C@H](NC(=O)c1cc2c(C)nn(C)c2s1)c1ccccc1. The maximum absolute atomic E-state index is 12.8. The molecular formula is C19H21N3O3S. The van der Waals surface area contributed by atoms with E-state index in [2.05, 4.69) is 10.4 Å². The van der Waals surface area contributed by atoms with E-state index < -0.39 is 6.04 Å². The smallest absolute Gasteiger partial charge is 0.308 e. The van der Waals surface area contributed by atoms with E-state index in [0.29, 0.717) is 11.5 Å². The molecule has 2 aromatic heterocycles. The first-order valence-electron chi connectivity index (χ1n) is 8.44. The number of fused-ring (bicyclic) bond motifs is 1. The molecule has 7 heteroatoms. The number of benzene rings is 1. The molecule has 1 aromatic carbocycles. The van der Waals surface area contributed by atoms with Crippen LogP contribution < -0.4 is 5.32 Å².